The highest BCUT2D eigenvalue weighted by Crippen LogP contribution is 2.43. The number of hydrogen-bond donors (Lipinski definition) is 0. The fourth-order valence-corrected chi connectivity index (χ4v) is 5.46. The summed E-state index contributed by atoms with van der Waals surface area (Å²) in [6.07, 6.45) is 2.78. The molecule has 1 saturated heterocycles. The van der Waals surface area contributed by atoms with Crippen LogP contribution in [0.3, 0.4) is 0 Å². The molecule has 166 valence electrons. The quantitative estimate of drug-likeness (QED) is 0.594. The molecule has 0 saturated carbocycles. The average molecular weight is 447 g/mol. The summed E-state index contributed by atoms with van der Waals surface area (Å²) in [7, 11) is 3.19. The van der Waals surface area contributed by atoms with Crippen molar-refractivity contribution in [2.75, 3.05) is 33.9 Å². The SMILES string of the molecule is CCOC(=O)C1CCN(C(c2ccc(OC)c(OC)c2)C2Sc3ncnn3C2=O)CC1. The van der Waals surface area contributed by atoms with Gasteiger partial charge in [0, 0.05) is 0 Å². The third-order valence-electron chi connectivity index (χ3n) is 5.78. The first-order valence-electron chi connectivity index (χ1n) is 10.3. The van der Waals surface area contributed by atoms with Gasteiger partial charge in [-0.3, -0.25) is 14.5 Å². The second-order valence-electron chi connectivity index (χ2n) is 7.45. The molecule has 2 unspecified atom stereocenters. The van der Waals surface area contributed by atoms with E-state index in [1.165, 1.54) is 22.8 Å². The molecule has 2 atom stereocenters. The van der Waals surface area contributed by atoms with Crippen molar-refractivity contribution in [2.24, 2.45) is 5.92 Å². The lowest BCUT2D eigenvalue weighted by molar-refractivity contribution is -0.149. The maximum absolute atomic E-state index is 13.1. The number of carbonyl (C=O) groups is 2. The Kier molecular flexibility index (Phi) is 6.47. The van der Waals surface area contributed by atoms with Crippen molar-refractivity contribution in [3.05, 3.63) is 30.1 Å². The summed E-state index contributed by atoms with van der Waals surface area (Å²) in [5, 5.41) is 4.28. The number of piperidine rings is 1. The van der Waals surface area contributed by atoms with E-state index in [2.05, 4.69) is 15.0 Å². The minimum absolute atomic E-state index is 0.0928. The normalized spacial score (nSPS) is 20.4. The molecule has 2 aliphatic heterocycles. The number of methoxy groups -OCH3 is 2. The van der Waals surface area contributed by atoms with Crippen molar-refractivity contribution in [1.29, 1.82) is 0 Å². The Morgan fingerprint density at radius 1 is 1.23 bits per heavy atom. The topological polar surface area (TPSA) is 95.8 Å². The zero-order valence-electron chi connectivity index (χ0n) is 17.8. The molecule has 3 heterocycles. The number of esters is 1. The van der Waals surface area contributed by atoms with Gasteiger partial charge in [-0.25, -0.2) is 4.98 Å². The number of carbonyl (C=O) groups excluding carboxylic acids is 2. The Morgan fingerprint density at radius 3 is 2.61 bits per heavy atom. The lowest BCUT2D eigenvalue weighted by atomic mass is 9.92. The molecule has 0 radical (unpaired) electrons. The summed E-state index contributed by atoms with van der Waals surface area (Å²) >= 11 is 1.42. The van der Waals surface area contributed by atoms with Gasteiger partial charge in [-0.05, 0) is 50.6 Å². The summed E-state index contributed by atoms with van der Waals surface area (Å²) in [6, 6.07) is 5.52. The third kappa shape index (κ3) is 4.14. The van der Waals surface area contributed by atoms with Crippen LogP contribution in [-0.4, -0.2) is 70.7 Å². The summed E-state index contributed by atoms with van der Waals surface area (Å²) in [5.74, 6) is 0.903. The number of rotatable bonds is 7. The number of aromatic nitrogens is 3. The van der Waals surface area contributed by atoms with Gasteiger partial charge >= 0.3 is 5.97 Å². The minimum atomic E-state index is -0.395. The molecule has 1 aromatic carbocycles. The fraction of sp³-hybridized carbons (Fsp3) is 0.524. The molecule has 0 aliphatic carbocycles. The molecule has 0 amide bonds. The van der Waals surface area contributed by atoms with Crippen LogP contribution < -0.4 is 9.47 Å². The molecule has 9 nitrogen and oxygen atoms in total. The molecule has 31 heavy (non-hydrogen) atoms. The highest BCUT2D eigenvalue weighted by atomic mass is 32.2. The first-order chi connectivity index (χ1) is 15.1. The van der Waals surface area contributed by atoms with Crippen LogP contribution in [0.2, 0.25) is 0 Å². The summed E-state index contributed by atoms with van der Waals surface area (Å²) < 4.78 is 17.4. The number of benzene rings is 1. The standard InChI is InChI=1S/C21H26N4O5S/c1-4-30-20(27)13-7-9-24(10-8-13)17(14-5-6-15(28-2)16(11-14)29-3)18-19(26)25-21(31-18)22-12-23-25/h5-6,11-13,17-18H,4,7-10H2,1-3H3. The second-order valence-corrected chi connectivity index (χ2v) is 8.56. The van der Waals surface area contributed by atoms with E-state index in [0.29, 0.717) is 49.2 Å². The van der Waals surface area contributed by atoms with Crippen LogP contribution >= 0.6 is 11.8 Å². The van der Waals surface area contributed by atoms with Crippen molar-refractivity contribution in [3.8, 4) is 11.5 Å². The monoisotopic (exact) mass is 446 g/mol. The van der Waals surface area contributed by atoms with Crippen LogP contribution in [0, 0.1) is 5.92 Å². The number of hydrogen-bond acceptors (Lipinski definition) is 9. The molecule has 10 heteroatoms. The predicted octanol–water partition coefficient (Wildman–Crippen LogP) is 2.43. The van der Waals surface area contributed by atoms with Gasteiger partial charge in [0.05, 0.1) is 32.8 Å². The number of fused-ring (bicyclic) bond motifs is 1. The molecule has 2 aromatic rings. The van der Waals surface area contributed by atoms with Gasteiger partial charge in [0.1, 0.15) is 11.6 Å². The van der Waals surface area contributed by atoms with Crippen molar-refractivity contribution in [1.82, 2.24) is 19.7 Å². The van der Waals surface area contributed by atoms with Crippen LogP contribution in [0.1, 0.15) is 36.2 Å². The van der Waals surface area contributed by atoms with Crippen molar-refractivity contribution >= 4 is 23.6 Å². The van der Waals surface area contributed by atoms with E-state index in [0.717, 1.165) is 5.56 Å². The Morgan fingerprint density at radius 2 is 1.97 bits per heavy atom. The lowest BCUT2D eigenvalue weighted by Crippen LogP contribution is -2.44. The van der Waals surface area contributed by atoms with Crippen LogP contribution in [0.25, 0.3) is 0 Å². The van der Waals surface area contributed by atoms with Crippen LogP contribution in [-0.2, 0) is 9.53 Å². The average Bonchev–Trinajstić information content (AvgIpc) is 3.37. The van der Waals surface area contributed by atoms with E-state index in [1.54, 1.807) is 14.2 Å². The van der Waals surface area contributed by atoms with Gasteiger partial charge in [-0.15, -0.1) is 0 Å². The maximum atomic E-state index is 13.1. The summed E-state index contributed by atoms with van der Waals surface area (Å²) in [4.78, 5) is 31.8. The largest absolute Gasteiger partial charge is 0.493 e. The molecular weight excluding hydrogens is 420 g/mol. The zero-order valence-corrected chi connectivity index (χ0v) is 18.6. The van der Waals surface area contributed by atoms with E-state index in [9.17, 15) is 9.59 Å². The predicted molar refractivity (Wildman–Crippen MR) is 114 cm³/mol. The van der Waals surface area contributed by atoms with Gasteiger partial charge < -0.3 is 14.2 Å². The van der Waals surface area contributed by atoms with E-state index >= 15 is 0 Å². The Balaban J connectivity index is 1.62. The minimum Gasteiger partial charge on any atom is -0.493 e. The van der Waals surface area contributed by atoms with Gasteiger partial charge in [-0.2, -0.15) is 9.78 Å². The second kappa shape index (κ2) is 9.27. The van der Waals surface area contributed by atoms with E-state index in [-0.39, 0.29) is 23.8 Å². The maximum Gasteiger partial charge on any atom is 0.309 e. The van der Waals surface area contributed by atoms with Gasteiger partial charge in [0.25, 0.3) is 5.91 Å². The molecule has 2 aliphatic rings. The van der Waals surface area contributed by atoms with Crippen molar-refractivity contribution < 1.29 is 23.8 Å². The molecule has 0 spiro atoms. The smallest absolute Gasteiger partial charge is 0.309 e. The molecule has 0 N–H and O–H groups in total. The lowest BCUT2D eigenvalue weighted by Gasteiger charge is -2.39. The van der Waals surface area contributed by atoms with E-state index in [4.69, 9.17) is 14.2 Å². The number of nitrogens with zero attached hydrogens (tertiary/aromatic N) is 4. The van der Waals surface area contributed by atoms with Gasteiger partial charge in [-0.1, -0.05) is 17.8 Å². The molecule has 1 fully saturated rings. The van der Waals surface area contributed by atoms with Gasteiger partial charge in [0.15, 0.2) is 16.7 Å². The zero-order chi connectivity index (χ0) is 22.0. The Bertz CT molecular complexity index is 957. The highest BCUT2D eigenvalue weighted by Gasteiger charge is 2.44. The summed E-state index contributed by atoms with van der Waals surface area (Å²) in [6.45, 7) is 3.57. The highest BCUT2D eigenvalue weighted by molar-refractivity contribution is 8.00. The number of likely N-dealkylation sites (tertiary alicyclic amines) is 1. The Labute approximate surface area is 185 Å². The molecule has 1 aromatic heterocycles. The fourth-order valence-electron chi connectivity index (χ4n) is 4.23. The first kappa shape index (κ1) is 21.6. The Hall–Kier alpha value is -2.59. The number of thioether (sulfide) groups is 1. The van der Waals surface area contributed by atoms with E-state index < -0.39 is 5.25 Å². The van der Waals surface area contributed by atoms with Crippen molar-refractivity contribution in [3.63, 3.8) is 0 Å². The summed E-state index contributed by atoms with van der Waals surface area (Å²) in [5.41, 5.74) is 0.948. The number of ether oxygens (including phenoxy) is 3. The van der Waals surface area contributed by atoms with Crippen molar-refractivity contribution in [2.45, 2.75) is 36.2 Å². The van der Waals surface area contributed by atoms with Crippen LogP contribution in [0.15, 0.2) is 29.7 Å². The van der Waals surface area contributed by atoms with E-state index in [1.807, 2.05) is 25.1 Å². The van der Waals surface area contributed by atoms with Gasteiger partial charge in [0.2, 0.25) is 0 Å². The van der Waals surface area contributed by atoms with Crippen LogP contribution in [0.4, 0.5) is 0 Å². The molecule has 4 rings (SSSR count). The molecular formula is C21H26N4O5S. The molecule has 0 bridgehead atoms. The van der Waals surface area contributed by atoms with Crippen LogP contribution in [0.5, 0.6) is 11.5 Å². The third-order valence-corrected chi connectivity index (χ3v) is 6.98. The first-order valence-corrected chi connectivity index (χ1v) is 11.2.